The van der Waals surface area contributed by atoms with E-state index in [2.05, 4.69) is 5.32 Å². The van der Waals surface area contributed by atoms with Gasteiger partial charge in [-0.1, -0.05) is 29.8 Å². The molecular weight excluding hydrogens is 276 g/mol. The fraction of sp³-hybridized carbons (Fsp3) is 0.500. The lowest BCUT2D eigenvalue weighted by molar-refractivity contribution is -0.119. The van der Waals surface area contributed by atoms with Gasteiger partial charge >= 0.3 is 0 Å². The van der Waals surface area contributed by atoms with E-state index in [1.807, 2.05) is 31.2 Å². The number of amides is 1. The van der Waals surface area contributed by atoms with Crippen molar-refractivity contribution in [1.29, 1.82) is 0 Å². The zero-order chi connectivity index (χ0) is 14.3. The maximum Gasteiger partial charge on any atom is 0.221 e. The Balaban J connectivity index is 1.78. The minimum atomic E-state index is -3.36. The third-order valence-electron chi connectivity index (χ3n) is 4.06. The quantitative estimate of drug-likeness (QED) is 0.896. The fourth-order valence-electron chi connectivity index (χ4n) is 3.02. The highest BCUT2D eigenvalue weighted by molar-refractivity contribution is 7.88. The molecule has 1 aromatic rings. The molecule has 2 heterocycles. The second-order valence-electron chi connectivity index (χ2n) is 5.59. The van der Waals surface area contributed by atoms with Crippen molar-refractivity contribution in [3.63, 3.8) is 0 Å². The van der Waals surface area contributed by atoms with Crippen LogP contribution in [0.3, 0.4) is 0 Å². The lowest BCUT2D eigenvalue weighted by Gasteiger charge is -2.22. The number of hydrogen-bond donors (Lipinski definition) is 1. The van der Waals surface area contributed by atoms with E-state index < -0.39 is 10.0 Å². The normalized spacial score (nSPS) is 26.6. The first-order chi connectivity index (χ1) is 9.45. The molecule has 2 atom stereocenters. The summed E-state index contributed by atoms with van der Waals surface area (Å²) in [5.74, 6) is -0.0414. The zero-order valence-corrected chi connectivity index (χ0v) is 12.2. The van der Waals surface area contributed by atoms with Gasteiger partial charge in [-0.2, -0.15) is 4.31 Å². The van der Waals surface area contributed by atoms with Gasteiger partial charge in [0.25, 0.3) is 0 Å². The molecule has 1 N–H and O–H groups in total. The number of benzene rings is 1. The molecule has 0 saturated carbocycles. The molecule has 2 fully saturated rings. The predicted octanol–water partition coefficient (Wildman–Crippen LogP) is 0.788. The van der Waals surface area contributed by atoms with Crippen molar-refractivity contribution in [3.8, 4) is 0 Å². The minimum absolute atomic E-state index is 0.00436. The molecule has 5 nitrogen and oxygen atoms in total. The van der Waals surface area contributed by atoms with E-state index in [0.29, 0.717) is 13.0 Å². The summed E-state index contributed by atoms with van der Waals surface area (Å²) < 4.78 is 26.6. The molecule has 0 bridgehead atoms. The van der Waals surface area contributed by atoms with Crippen LogP contribution in [0.4, 0.5) is 0 Å². The summed E-state index contributed by atoms with van der Waals surface area (Å²) in [4.78, 5) is 11.4. The monoisotopic (exact) mass is 294 g/mol. The minimum Gasteiger partial charge on any atom is -0.352 e. The van der Waals surface area contributed by atoms with Crippen LogP contribution >= 0.6 is 0 Å². The van der Waals surface area contributed by atoms with Gasteiger partial charge < -0.3 is 5.32 Å². The predicted molar refractivity (Wildman–Crippen MR) is 75.5 cm³/mol. The maximum absolute atomic E-state index is 12.5. The molecule has 3 rings (SSSR count). The van der Waals surface area contributed by atoms with E-state index in [4.69, 9.17) is 0 Å². The number of carbonyl (C=O) groups excluding carboxylic acids is 1. The van der Waals surface area contributed by atoms with Gasteiger partial charge in [0.05, 0.1) is 11.8 Å². The van der Waals surface area contributed by atoms with Crippen molar-refractivity contribution in [2.24, 2.45) is 0 Å². The molecule has 2 saturated heterocycles. The van der Waals surface area contributed by atoms with Crippen molar-refractivity contribution in [2.45, 2.75) is 37.6 Å². The number of sulfonamides is 1. The molecule has 2 aliphatic heterocycles. The molecule has 2 aliphatic rings. The number of hydrogen-bond acceptors (Lipinski definition) is 3. The topological polar surface area (TPSA) is 66.5 Å². The highest BCUT2D eigenvalue weighted by Gasteiger charge is 2.46. The van der Waals surface area contributed by atoms with Crippen molar-refractivity contribution >= 4 is 15.9 Å². The summed E-state index contributed by atoms with van der Waals surface area (Å²) >= 11 is 0. The van der Waals surface area contributed by atoms with Crippen LogP contribution in [0.2, 0.25) is 0 Å². The summed E-state index contributed by atoms with van der Waals surface area (Å²) in [5.41, 5.74) is 1.90. The molecule has 20 heavy (non-hydrogen) atoms. The third-order valence-corrected chi connectivity index (χ3v) is 5.93. The Hall–Kier alpha value is -1.40. The van der Waals surface area contributed by atoms with Crippen molar-refractivity contribution in [2.75, 3.05) is 6.54 Å². The van der Waals surface area contributed by atoms with Gasteiger partial charge in [0, 0.05) is 19.0 Å². The van der Waals surface area contributed by atoms with Gasteiger partial charge in [-0.15, -0.1) is 0 Å². The molecule has 2 unspecified atom stereocenters. The average molecular weight is 294 g/mol. The molecule has 0 spiro atoms. The van der Waals surface area contributed by atoms with Crippen molar-refractivity contribution in [1.82, 2.24) is 9.62 Å². The fourth-order valence-corrected chi connectivity index (χ4v) is 4.81. The molecule has 1 aromatic carbocycles. The van der Waals surface area contributed by atoms with Crippen LogP contribution in [0.1, 0.15) is 24.0 Å². The van der Waals surface area contributed by atoms with Crippen LogP contribution in [0.25, 0.3) is 0 Å². The van der Waals surface area contributed by atoms with E-state index in [-0.39, 0.29) is 30.2 Å². The number of nitrogens with zero attached hydrogens (tertiary/aromatic N) is 1. The van der Waals surface area contributed by atoms with Gasteiger partial charge in [0.15, 0.2) is 0 Å². The Morgan fingerprint density at radius 2 is 2.00 bits per heavy atom. The summed E-state index contributed by atoms with van der Waals surface area (Å²) in [6.45, 7) is 2.48. The summed E-state index contributed by atoms with van der Waals surface area (Å²) in [6.07, 6.45) is 1.00. The van der Waals surface area contributed by atoms with Gasteiger partial charge in [-0.25, -0.2) is 8.42 Å². The van der Waals surface area contributed by atoms with E-state index in [0.717, 1.165) is 11.1 Å². The highest BCUT2D eigenvalue weighted by Crippen LogP contribution is 2.29. The standard InChI is InChI=1S/C14H18N2O3S/c1-10-2-4-11(5-3-10)9-20(18,19)16-7-6-12-13(16)8-14(17)15-12/h2-5,12-13H,6-9H2,1H3,(H,15,17). The van der Waals surface area contributed by atoms with Crippen LogP contribution in [-0.4, -0.2) is 37.3 Å². The van der Waals surface area contributed by atoms with Crippen molar-refractivity contribution in [3.05, 3.63) is 35.4 Å². The van der Waals surface area contributed by atoms with Crippen LogP contribution in [-0.2, 0) is 20.6 Å². The van der Waals surface area contributed by atoms with E-state index in [9.17, 15) is 13.2 Å². The first kappa shape index (κ1) is 13.6. The first-order valence-corrected chi connectivity index (χ1v) is 8.41. The molecule has 6 heteroatoms. The number of carbonyl (C=O) groups is 1. The van der Waals surface area contributed by atoms with Crippen LogP contribution in [0.5, 0.6) is 0 Å². The summed E-state index contributed by atoms with van der Waals surface area (Å²) in [7, 11) is -3.36. The van der Waals surface area contributed by atoms with Gasteiger partial charge in [-0.3, -0.25) is 4.79 Å². The highest BCUT2D eigenvalue weighted by atomic mass is 32.2. The van der Waals surface area contributed by atoms with E-state index in [1.54, 1.807) is 0 Å². The Labute approximate surface area is 119 Å². The van der Waals surface area contributed by atoms with Crippen LogP contribution in [0.15, 0.2) is 24.3 Å². The Morgan fingerprint density at radius 3 is 2.70 bits per heavy atom. The van der Waals surface area contributed by atoms with Gasteiger partial charge in [0.2, 0.25) is 15.9 Å². The second kappa shape index (κ2) is 4.86. The van der Waals surface area contributed by atoms with E-state index in [1.165, 1.54) is 4.31 Å². The lowest BCUT2D eigenvalue weighted by Crippen LogP contribution is -2.39. The number of rotatable bonds is 3. The van der Waals surface area contributed by atoms with Crippen LogP contribution in [0, 0.1) is 6.92 Å². The smallest absolute Gasteiger partial charge is 0.221 e. The van der Waals surface area contributed by atoms with Crippen molar-refractivity contribution < 1.29 is 13.2 Å². The Morgan fingerprint density at radius 1 is 1.30 bits per heavy atom. The second-order valence-corrected chi connectivity index (χ2v) is 7.51. The number of fused-ring (bicyclic) bond motifs is 1. The maximum atomic E-state index is 12.5. The summed E-state index contributed by atoms with van der Waals surface area (Å²) in [5, 5.41) is 2.84. The largest absolute Gasteiger partial charge is 0.352 e. The zero-order valence-electron chi connectivity index (χ0n) is 11.4. The molecule has 0 aromatic heterocycles. The number of nitrogens with one attached hydrogen (secondary N) is 1. The SMILES string of the molecule is Cc1ccc(CS(=O)(=O)N2CCC3NC(=O)CC32)cc1. The lowest BCUT2D eigenvalue weighted by atomic mass is 10.1. The Kier molecular flexibility index (Phi) is 3.30. The molecule has 108 valence electrons. The average Bonchev–Trinajstić information content (AvgIpc) is 2.90. The van der Waals surface area contributed by atoms with Gasteiger partial charge in [-0.05, 0) is 18.9 Å². The number of aryl methyl sites for hydroxylation is 1. The molecule has 1 amide bonds. The van der Waals surface area contributed by atoms with Crippen LogP contribution < -0.4 is 5.32 Å². The first-order valence-electron chi connectivity index (χ1n) is 6.80. The van der Waals surface area contributed by atoms with Gasteiger partial charge in [0.1, 0.15) is 0 Å². The van der Waals surface area contributed by atoms with E-state index >= 15 is 0 Å². The molecular formula is C14H18N2O3S. The molecule has 0 radical (unpaired) electrons. The third kappa shape index (κ3) is 2.45. The summed E-state index contributed by atoms with van der Waals surface area (Å²) in [6, 6.07) is 7.32. The molecule has 0 aliphatic carbocycles. The Bertz CT molecular complexity index is 624.